The molecule has 0 amide bonds. The molecular formula is C63H31Cl4N5Pt. The summed E-state index contributed by atoms with van der Waals surface area (Å²) in [6.45, 7) is 0. The Hall–Kier alpha value is -7.34. The van der Waals surface area contributed by atoms with Crippen molar-refractivity contribution in [3.8, 4) is 67.4 Å². The third-order valence-corrected chi connectivity index (χ3v) is 15.1. The number of fused-ring (bicyclic) bond motifs is 24. The first-order chi connectivity index (χ1) is 35.2. The third kappa shape index (κ3) is 7.13. The molecule has 0 saturated heterocycles. The maximum absolute atomic E-state index is 6.95. The summed E-state index contributed by atoms with van der Waals surface area (Å²) < 4.78 is 0. The van der Waals surface area contributed by atoms with Crippen LogP contribution in [0, 0.1) is 0 Å². The molecule has 5 nitrogen and oxygen atoms in total. The van der Waals surface area contributed by atoms with Crippen LogP contribution in [-0.4, -0.2) is 15.0 Å². The van der Waals surface area contributed by atoms with Gasteiger partial charge in [-0.15, -0.1) is 11.0 Å². The van der Waals surface area contributed by atoms with E-state index in [-0.39, 0.29) is 21.1 Å². The minimum Gasteiger partial charge on any atom is -0.656 e. The first-order valence-electron chi connectivity index (χ1n) is 23.5. The zero-order chi connectivity index (χ0) is 47.9. The molecule has 15 rings (SSSR count). The molecule has 10 aromatic carbocycles. The van der Waals surface area contributed by atoms with Gasteiger partial charge >= 0.3 is 21.1 Å². The number of benzene rings is 10. The van der Waals surface area contributed by atoms with Crippen LogP contribution in [0.3, 0.4) is 0 Å². The molecule has 5 heterocycles. The Bertz CT molecular complexity index is 4430. The van der Waals surface area contributed by atoms with Gasteiger partial charge in [0.05, 0.1) is 22.9 Å². The van der Waals surface area contributed by atoms with Crippen molar-refractivity contribution in [2.24, 2.45) is 0 Å². The van der Waals surface area contributed by atoms with Crippen LogP contribution in [0.1, 0.15) is 0 Å². The molecule has 346 valence electrons. The summed E-state index contributed by atoms with van der Waals surface area (Å²) in [5.41, 5.74) is 11.5. The van der Waals surface area contributed by atoms with Gasteiger partial charge in [-0.2, -0.15) is 0 Å². The SMILES string of the molecule is Clc1cc(Cl)cc(-c2c3nc(nc4[n-]c(c(-c5cc(Cl)cc(Cl)c5)c5nc(cc6[n-]c2c2cc7ccccc7cc62)-c2cc6ccccc6cc2-5)c2cc5ccccc5cc42)-c2cc4ccccc4cc2-3)c1.[Pt+2]. The standard InChI is InChI=1S/C63H31Cl4N5.Pt/c64-42-17-40(18-43(65)29-42)56-58-48-23-34-11-3-1-9-32(34)21-46(48)54(68-58)31-55-47-22-33-10-2-4-12-35(33)24-49(47)59(69-55)57(41-19-44(66)30-45(67)20-41)61-51-26-37-14-6-8-16-39(37)28-53(51)63(71-61)72-62-52-27-38-15-7-5-13-36(38)25-50(52)60(56)70-62;/h1-31H;/q-2;+2. The van der Waals surface area contributed by atoms with E-state index in [4.69, 9.17) is 71.3 Å². The molecule has 13 aromatic rings. The van der Waals surface area contributed by atoms with Gasteiger partial charge in [0.1, 0.15) is 0 Å². The van der Waals surface area contributed by atoms with Crippen molar-refractivity contribution in [3.05, 3.63) is 208 Å². The molecule has 0 radical (unpaired) electrons. The summed E-state index contributed by atoms with van der Waals surface area (Å²) in [5, 5.41) is 14.1. The van der Waals surface area contributed by atoms with Crippen molar-refractivity contribution in [1.29, 1.82) is 0 Å². The molecule has 8 bridgehead atoms. The topological polar surface area (TPSA) is 66.9 Å². The van der Waals surface area contributed by atoms with Crippen LogP contribution in [0.15, 0.2) is 188 Å². The van der Waals surface area contributed by atoms with E-state index in [0.29, 0.717) is 42.8 Å². The smallest absolute Gasteiger partial charge is 0.656 e. The molecule has 0 atom stereocenters. The number of halogens is 4. The van der Waals surface area contributed by atoms with E-state index in [0.717, 1.165) is 132 Å². The molecule has 3 aromatic heterocycles. The number of hydrogen-bond acceptors (Lipinski definition) is 3. The van der Waals surface area contributed by atoms with Crippen molar-refractivity contribution in [2.45, 2.75) is 0 Å². The fourth-order valence-corrected chi connectivity index (χ4v) is 12.1. The Kier molecular flexibility index (Phi) is 10.2. The molecule has 10 heteroatoms. The Labute approximate surface area is 451 Å². The van der Waals surface area contributed by atoms with Crippen molar-refractivity contribution in [1.82, 2.24) is 24.9 Å². The van der Waals surface area contributed by atoms with E-state index in [1.807, 2.05) is 24.3 Å². The van der Waals surface area contributed by atoms with Gasteiger partial charge in [-0.05, 0) is 183 Å². The molecule has 0 spiro atoms. The number of hydrogen-bond donors (Lipinski definition) is 0. The predicted octanol–water partition coefficient (Wildman–Crippen LogP) is 18.5. The van der Waals surface area contributed by atoms with Crippen LogP contribution in [0.25, 0.3) is 154 Å². The Morgan fingerprint density at radius 2 is 0.712 bits per heavy atom. The maximum atomic E-state index is 6.95. The zero-order valence-corrected chi connectivity index (χ0v) is 43.3. The van der Waals surface area contributed by atoms with Crippen molar-refractivity contribution >= 4 is 133 Å². The Morgan fingerprint density at radius 3 is 1.22 bits per heavy atom. The third-order valence-electron chi connectivity index (χ3n) is 14.2. The van der Waals surface area contributed by atoms with E-state index in [1.165, 1.54) is 0 Å². The Morgan fingerprint density at radius 1 is 0.329 bits per heavy atom. The molecule has 0 unspecified atom stereocenters. The van der Waals surface area contributed by atoms with E-state index >= 15 is 0 Å². The summed E-state index contributed by atoms with van der Waals surface area (Å²) in [7, 11) is 0. The van der Waals surface area contributed by atoms with Crippen molar-refractivity contribution in [2.75, 3.05) is 0 Å². The fraction of sp³-hybridized carbons (Fsp3) is 0. The van der Waals surface area contributed by atoms with Gasteiger partial charge in [0, 0.05) is 47.9 Å². The van der Waals surface area contributed by atoms with Gasteiger partial charge in [0.15, 0.2) is 0 Å². The summed E-state index contributed by atoms with van der Waals surface area (Å²) >= 11 is 27.8. The minimum absolute atomic E-state index is 0. The van der Waals surface area contributed by atoms with Crippen LogP contribution in [0.2, 0.25) is 20.1 Å². The van der Waals surface area contributed by atoms with Crippen LogP contribution < -0.4 is 9.97 Å². The quantitative estimate of drug-likeness (QED) is 0.173. The van der Waals surface area contributed by atoms with Gasteiger partial charge in [-0.25, -0.2) is 4.98 Å². The van der Waals surface area contributed by atoms with Gasteiger partial charge < -0.3 is 15.0 Å². The normalized spacial score (nSPS) is 12.0. The fourth-order valence-electron chi connectivity index (χ4n) is 11.0. The second-order valence-corrected chi connectivity index (χ2v) is 20.3. The van der Waals surface area contributed by atoms with Crippen LogP contribution in [0.4, 0.5) is 0 Å². The molecule has 0 fully saturated rings. The largest absolute Gasteiger partial charge is 2.00 e. The predicted molar refractivity (Wildman–Crippen MR) is 302 cm³/mol. The summed E-state index contributed by atoms with van der Waals surface area (Å²) in [4.78, 5) is 28.2. The van der Waals surface area contributed by atoms with E-state index < -0.39 is 0 Å². The molecule has 0 aliphatic carbocycles. The summed E-state index contributed by atoms with van der Waals surface area (Å²) in [6.07, 6.45) is 0. The number of nitrogens with zero attached hydrogens (tertiary/aromatic N) is 5. The summed E-state index contributed by atoms with van der Waals surface area (Å²) in [6, 6.07) is 64.6. The zero-order valence-electron chi connectivity index (χ0n) is 38.0. The first-order valence-corrected chi connectivity index (χ1v) is 25.0. The average molecular weight is 1190 g/mol. The molecule has 0 N–H and O–H groups in total. The minimum atomic E-state index is 0. The van der Waals surface area contributed by atoms with E-state index in [1.54, 1.807) is 12.1 Å². The van der Waals surface area contributed by atoms with Crippen LogP contribution >= 0.6 is 46.4 Å². The van der Waals surface area contributed by atoms with Gasteiger partial charge in [0.2, 0.25) is 0 Å². The Balaban J connectivity index is 0.00000493. The van der Waals surface area contributed by atoms with Crippen LogP contribution in [0.5, 0.6) is 0 Å². The molecule has 73 heavy (non-hydrogen) atoms. The molecule has 2 aliphatic heterocycles. The van der Waals surface area contributed by atoms with Gasteiger partial charge in [-0.3, -0.25) is 4.98 Å². The summed E-state index contributed by atoms with van der Waals surface area (Å²) in [5.74, 6) is 0.508. The number of aromatic nitrogens is 5. The molecular weight excluding hydrogens is 1160 g/mol. The maximum Gasteiger partial charge on any atom is 2.00 e. The monoisotopic (exact) mass is 1190 g/mol. The van der Waals surface area contributed by atoms with Gasteiger partial charge in [-0.1, -0.05) is 143 Å². The molecule has 0 saturated carbocycles. The second kappa shape index (κ2) is 16.9. The second-order valence-electron chi connectivity index (χ2n) is 18.6. The average Bonchev–Trinajstić information content (AvgIpc) is 4.11. The van der Waals surface area contributed by atoms with E-state index in [2.05, 4.69) is 152 Å². The number of rotatable bonds is 2. The molecule has 2 aliphatic rings. The van der Waals surface area contributed by atoms with E-state index in [9.17, 15) is 0 Å². The van der Waals surface area contributed by atoms with Gasteiger partial charge in [0.25, 0.3) is 0 Å². The van der Waals surface area contributed by atoms with Crippen molar-refractivity contribution in [3.63, 3.8) is 0 Å². The first kappa shape index (κ1) is 44.4. The van der Waals surface area contributed by atoms with Crippen LogP contribution in [-0.2, 0) is 21.1 Å². The van der Waals surface area contributed by atoms with Crippen molar-refractivity contribution < 1.29 is 21.1 Å².